The Balaban J connectivity index is 0.000000179. The molecule has 2 heterocycles. The Morgan fingerprint density at radius 1 is 1.16 bits per heavy atom. The molecule has 32 heavy (non-hydrogen) atoms. The van der Waals surface area contributed by atoms with Gasteiger partial charge in [-0.1, -0.05) is 43.6 Å². The van der Waals surface area contributed by atoms with Gasteiger partial charge < -0.3 is 15.3 Å². The number of halogens is 2. The Hall–Kier alpha value is -2.25. The molecule has 0 aromatic heterocycles. The van der Waals surface area contributed by atoms with E-state index in [2.05, 4.69) is 0 Å². The van der Waals surface area contributed by atoms with Gasteiger partial charge >= 0.3 is 0 Å². The molecule has 5 rings (SSSR count). The maximum atomic E-state index is 13.7. The maximum absolute atomic E-state index is 13.7. The summed E-state index contributed by atoms with van der Waals surface area (Å²) in [6.07, 6.45) is 7.20. The number of carbonyl (C=O) groups is 1. The Bertz CT molecular complexity index is 836. The lowest BCUT2D eigenvalue weighted by molar-refractivity contribution is -0.117. The molecule has 1 aliphatic carbocycles. The fourth-order valence-corrected chi connectivity index (χ4v) is 3.32. The maximum Gasteiger partial charge on any atom is 0.209 e. The average Bonchev–Trinajstić information content (AvgIpc) is 3.38. The third kappa shape index (κ3) is 8.36. The fraction of sp³-hybridized carbons (Fsp3) is 0.480. The molecule has 0 atom stereocenters. The van der Waals surface area contributed by atoms with Gasteiger partial charge in [-0.25, -0.2) is 8.78 Å². The van der Waals surface area contributed by atoms with Crippen LogP contribution in [0.4, 0.5) is 8.78 Å². The summed E-state index contributed by atoms with van der Waals surface area (Å²) in [5.41, 5.74) is 7.09. The first-order valence-electron chi connectivity index (χ1n) is 11.3. The van der Waals surface area contributed by atoms with E-state index in [-0.39, 0.29) is 11.6 Å². The first kappa shape index (κ1) is 26.0. The van der Waals surface area contributed by atoms with E-state index >= 15 is 0 Å². The number of likely N-dealkylation sites (tertiary alicyclic amines) is 1. The van der Waals surface area contributed by atoms with E-state index < -0.39 is 0 Å². The van der Waals surface area contributed by atoms with Crippen molar-refractivity contribution in [1.29, 1.82) is 0 Å². The Labute approximate surface area is 191 Å². The second-order valence-electron chi connectivity index (χ2n) is 8.38. The highest BCUT2D eigenvalue weighted by Gasteiger charge is 2.47. The first-order valence-corrected chi connectivity index (χ1v) is 11.3. The Morgan fingerprint density at radius 3 is 2.22 bits per heavy atom. The van der Waals surface area contributed by atoms with Crippen molar-refractivity contribution >= 4 is 13.8 Å². The summed E-state index contributed by atoms with van der Waals surface area (Å²) in [6.45, 7) is 7.73. The molecule has 2 aliphatic heterocycles. The van der Waals surface area contributed by atoms with Gasteiger partial charge in [-0.3, -0.25) is 4.79 Å². The minimum absolute atomic E-state index is 0.289. The van der Waals surface area contributed by atoms with Crippen molar-refractivity contribution in [2.75, 3.05) is 26.3 Å². The third-order valence-electron chi connectivity index (χ3n) is 5.71. The Kier molecular flexibility index (Phi) is 10.8. The summed E-state index contributed by atoms with van der Waals surface area (Å²) in [4.78, 5) is 12.1. The van der Waals surface area contributed by atoms with E-state index in [9.17, 15) is 13.6 Å². The smallest absolute Gasteiger partial charge is 0.209 e. The lowest BCUT2D eigenvalue weighted by Gasteiger charge is -2.09. The molecule has 7 heteroatoms. The zero-order valence-corrected chi connectivity index (χ0v) is 19.2. The SMILES string of the molecule is C1COC1.CC[B]N.Cc1cccc(-c2cccc(F)c2)c1F.O=CN1CCC2(CC2)C1. The highest BCUT2D eigenvalue weighted by atomic mass is 19.1. The summed E-state index contributed by atoms with van der Waals surface area (Å²) < 4.78 is 31.4. The third-order valence-corrected chi connectivity index (χ3v) is 5.71. The summed E-state index contributed by atoms with van der Waals surface area (Å²) in [7, 11) is 1.62. The van der Waals surface area contributed by atoms with Crippen LogP contribution in [0.25, 0.3) is 11.1 Å². The van der Waals surface area contributed by atoms with E-state index in [1.165, 1.54) is 37.8 Å². The molecular weight excluding hydrogens is 409 g/mol. The van der Waals surface area contributed by atoms with Gasteiger partial charge in [0.2, 0.25) is 13.8 Å². The predicted molar refractivity (Wildman–Crippen MR) is 126 cm³/mol. The first-order chi connectivity index (χ1) is 15.4. The quantitative estimate of drug-likeness (QED) is 0.538. The largest absolute Gasteiger partial charge is 0.381 e. The molecule has 2 N–H and O–H groups in total. The monoisotopic (exact) mass is 443 g/mol. The van der Waals surface area contributed by atoms with Crippen molar-refractivity contribution in [3.8, 4) is 11.1 Å². The van der Waals surface area contributed by atoms with Gasteiger partial charge in [0.25, 0.3) is 0 Å². The highest BCUT2D eigenvalue weighted by molar-refractivity contribution is 6.30. The molecule has 0 bridgehead atoms. The molecule has 2 saturated heterocycles. The van der Waals surface area contributed by atoms with Crippen LogP contribution in [0.5, 0.6) is 0 Å². The van der Waals surface area contributed by atoms with Crippen LogP contribution in [-0.2, 0) is 9.53 Å². The van der Waals surface area contributed by atoms with Crippen molar-refractivity contribution in [3.05, 3.63) is 59.7 Å². The Morgan fingerprint density at radius 2 is 1.78 bits per heavy atom. The van der Waals surface area contributed by atoms with E-state index in [0.717, 1.165) is 39.0 Å². The standard InChI is InChI=1S/C13H10F2.C7H11NO.C3H6O.C2H7BN/c1-9-4-2-7-12(13(9)15)10-5-3-6-11(14)8-10;9-6-8-4-3-7(5-8)1-2-7;1-2-4-3-1;1-2-3-4/h2-8H,1H3;6H,1-5H2;1-3H2;2,4H2,1H3. The normalized spacial score (nSPS) is 16.8. The van der Waals surface area contributed by atoms with Crippen LogP contribution < -0.4 is 5.64 Å². The predicted octanol–water partition coefficient (Wildman–Crippen LogP) is 4.98. The highest BCUT2D eigenvalue weighted by Crippen LogP contribution is 2.52. The van der Waals surface area contributed by atoms with Crippen molar-refractivity contribution in [2.45, 2.75) is 45.9 Å². The molecule has 3 aliphatic rings. The molecular formula is C25H34BF2N2O2. The second-order valence-corrected chi connectivity index (χ2v) is 8.38. The molecule has 1 saturated carbocycles. The van der Waals surface area contributed by atoms with Gasteiger partial charge in [-0.15, -0.1) is 0 Å². The molecule has 1 spiro atoms. The summed E-state index contributed by atoms with van der Waals surface area (Å²) >= 11 is 0. The van der Waals surface area contributed by atoms with Crippen LogP contribution in [-0.4, -0.2) is 45.0 Å². The van der Waals surface area contributed by atoms with Crippen LogP contribution in [0, 0.1) is 24.0 Å². The van der Waals surface area contributed by atoms with E-state index in [1.54, 1.807) is 44.7 Å². The molecule has 2 aromatic carbocycles. The minimum Gasteiger partial charge on any atom is -0.381 e. The molecule has 4 nitrogen and oxygen atoms in total. The lowest BCUT2D eigenvalue weighted by Crippen LogP contribution is -2.18. The van der Waals surface area contributed by atoms with Crippen molar-refractivity contribution in [3.63, 3.8) is 0 Å². The fourth-order valence-electron chi connectivity index (χ4n) is 3.32. The van der Waals surface area contributed by atoms with Gasteiger partial charge in [0, 0.05) is 31.9 Å². The number of ether oxygens (including phenoxy) is 1. The zero-order valence-electron chi connectivity index (χ0n) is 19.2. The number of carbonyl (C=O) groups excluding carboxylic acids is 1. The van der Waals surface area contributed by atoms with Gasteiger partial charge in [-0.2, -0.15) is 0 Å². The number of nitrogens with zero attached hydrogens (tertiary/aromatic N) is 1. The van der Waals surface area contributed by atoms with Crippen LogP contribution in [0.1, 0.15) is 38.2 Å². The molecule has 1 radical (unpaired) electrons. The second kappa shape index (κ2) is 13.3. The van der Waals surface area contributed by atoms with Crippen molar-refractivity contribution in [2.24, 2.45) is 11.1 Å². The number of nitrogens with two attached hydrogens (primary N) is 1. The molecule has 1 amide bonds. The summed E-state index contributed by atoms with van der Waals surface area (Å²) in [6, 6.07) is 11.1. The van der Waals surface area contributed by atoms with Crippen LogP contribution in [0.15, 0.2) is 42.5 Å². The number of hydrogen-bond acceptors (Lipinski definition) is 3. The van der Waals surface area contributed by atoms with E-state index in [1.807, 2.05) is 11.8 Å². The number of rotatable bonds is 3. The average molecular weight is 443 g/mol. The van der Waals surface area contributed by atoms with Gasteiger partial charge in [0.05, 0.1) is 0 Å². The van der Waals surface area contributed by atoms with Gasteiger partial charge in [-0.05, 0) is 61.3 Å². The van der Waals surface area contributed by atoms with Crippen LogP contribution in [0.2, 0.25) is 6.32 Å². The number of hydrogen-bond donors (Lipinski definition) is 1. The minimum atomic E-state index is -0.353. The van der Waals surface area contributed by atoms with Gasteiger partial charge in [0.1, 0.15) is 11.6 Å². The molecule has 173 valence electrons. The molecule has 0 unspecified atom stereocenters. The van der Waals surface area contributed by atoms with Crippen molar-refractivity contribution < 1.29 is 18.3 Å². The van der Waals surface area contributed by atoms with Crippen molar-refractivity contribution in [1.82, 2.24) is 4.90 Å². The molecule has 3 fully saturated rings. The number of benzene rings is 2. The summed E-state index contributed by atoms with van der Waals surface area (Å²) in [5.74, 6) is -0.642. The van der Waals surface area contributed by atoms with E-state index in [4.69, 9.17) is 10.4 Å². The number of amides is 1. The van der Waals surface area contributed by atoms with Crippen LogP contribution >= 0.6 is 0 Å². The molecule has 2 aromatic rings. The zero-order chi connectivity index (χ0) is 23.4. The van der Waals surface area contributed by atoms with Crippen LogP contribution in [0.3, 0.4) is 0 Å². The summed E-state index contributed by atoms with van der Waals surface area (Å²) in [5, 5.41) is 0. The topological polar surface area (TPSA) is 55.6 Å². The van der Waals surface area contributed by atoms with Gasteiger partial charge in [0.15, 0.2) is 0 Å². The van der Waals surface area contributed by atoms with E-state index in [0.29, 0.717) is 22.1 Å². The lowest BCUT2D eigenvalue weighted by atomic mass is 9.94. The number of aryl methyl sites for hydroxylation is 1.